The molecule has 0 aliphatic heterocycles. The average molecular weight is 500 g/mol. The zero-order chi connectivity index (χ0) is 24.4. The minimum atomic E-state index is -3.03. The number of aromatic nitrogens is 4. The van der Waals surface area contributed by atoms with Gasteiger partial charge in [0, 0.05) is 11.8 Å². The van der Waals surface area contributed by atoms with Crippen molar-refractivity contribution in [1.29, 1.82) is 0 Å². The second kappa shape index (κ2) is 9.67. The van der Waals surface area contributed by atoms with Crippen LogP contribution >= 0.6 is 11.6 Å². The van der Waals surface area contributed by atoms with Crippen molar-refractivity contribution < 1.29 is 31.2 Å². The Morgan fingerprint density at radius 1 is 1.06 bits per heavy atom. The third kappa shape index (κ3) is 5.11. The summed E-state index contributed by atoms with van der Waals surface area (Å²) in [7, 11) is 0. The molecule has 0 saturated carbocycles. The lowest BCUT2D eigenvalue weighted by Gasteiger charge is -2.05. The Labute approximate surface area is 193 Å². The number of hydrogen-bond donors (Lipinski definition) is 1. The van der Waals surface area contributed by atoms with Crippen molar-refractivity contribution in [3.05, 3.63) is 88.0 Å². The number of benzene rings is 1. The Morgan fingerprint density at radius 3 is 2.53 bits per heavy atom. The predicted molar refractivity (Wildman–Crippen MR) is 111 cm³/mol. The second-order valence-electron chi connectivity index (χ2n) is 7.09. The minimum absolute atomic E-state index is 0.00501. The smallest absolute Gasteiger partial charge is 0.292 e. The molecule has 1 amide bonds. The van der Waals surface area contributed by atoms with E-state index in [1.807, 2.05) is 0 Å². The van der Waals surface area contributed by atoms with Gasteiger partial charge in [-0.05, 0) is 24.3 Å². The SMILES string of the molecule is O=C(Nc1nn(Cc2ccccc2F)cc1Cl)c1ccc(Cn2nc(C(F)F)cc2C(F)F)o1. The van der Waals surface area contributed by atoms with Gasteiger partial charge in [0.1, 0.15) is 28.0 Å². The highest BCUT2D eigenvalue weighted by Crippen LogP contribution is 2.26. The van der Waals surface area contributed by atoms with E-state index < -0.39 is 42.5 Å². The first kappa shape index (κ1) is 23.5. The van der Waals surface area contributed by atoms with Crippen LogP contribution in [0.2, 0.25) is 5.02 Å². The fourth-order valence-corrected chi connectivity index (χ4v) is 3.32. The Bertz CT molecular complexity index is 1320. The summed E-state index contributed by atoms with van der Waals surface area (Å²) in [5.74, 6) is -1.33. The van der Waals surface area contributed by atoms with Gasteiger partial charge in [0.15, 0.2) is 11.6 Å². The molecule has 4 rings (SSSR count). The molecule has 34 heavy (non-hydrogen) atoms. The van der Waals surface area contributed by atoms with Crippen molar-refractivity contribution in [2.75, 3.05) is 5.32 Å². The quantitative estimate of drug-likeness (QED) is 0.316. The molecule has 0 fully saturated rings. The van der Waals surface area contributed by atoms with E-state index in [-0.39, 0.29) is 28.9 Å². The normalized spacial score (nSPS) is 11.5. The number of anilines is 1. The Kier molecular flexibility index (Phi) is 6.68. The molecule has 0 atom stereocenters. The number of halogens is 6. The maximum absolute atomic E-state index is 13.8. The predicted octanol–water partition coefficient (Wildman–Crippen LogP) is 5.69. The summed E-state index contributed by atoms with van der Waals surface area (Å²) in [4.78, 5) is 12.5. The molecule has 0 unspecified atom stereocenters. The van der Waals surface area contributed by atoms with Crippen molar-refractivity contribution in [3.8, 4) is 0 Å². The molecule has 0 saturated heterocycles. The molecule has 3 heterocycles. The lowest BCUT2D eigenvalue weighted by Crippen LogP contribution is -2.12. The molecule has 0 aliphatic carbocycles. The molecular weight excluding hydrogens is 485 g/mol. The largest absolute Gasteiger partial charge is 0.454 e. The molecule has 0 radical (unpaired) electrons. The highest BCUT2D eigenvalue weighted by atomic mass is 35.5. The highest BCUT2D eigenvalue weighted by Gasteiger charge is 2.22. The van der Waals surface area contributed by atoms with Crippen LogP contribution in [0.25, 0.3) is 0 Å². The third-order valence-corrected chi connectivity index (χ3v) is 4.98. The van der Waals surface area contributed by atoms with Gasteiger partial charge in [0.05, 0.1) is 13.1 Å². The molecule has 0 spiro atoms. The summed E-state index contributed by atoms with van der Waals surface area (Å²) in [5, 5.41) is 10.1. The first-order valence-corrected chi connectivity index (χ1v) is 10.1. The second-order valence-corrected chi connectivity index (χ2v) is 7.50. The summed E-state index contributed by atoms with van der Waals surface area (Å²) < 4.78 is 73.1. The zero-order valence-corrected chi connectivity index (χ0v) is 17.8. The van der Waals surface area contributed by atoms with Gasteiger partial charge in [-0.25, -0.2) is 22.0 Å². The van der Waals surface area contributed by atoms with Gasteiger partial charge in [0.2, 0.25) is 0 Å². The summed E-state index contributed by atoms with van der Waals surface area (Å²) in [6.07, 6.45) is -4.64. The summed E-state index contributed by atoms with van der Waals surface area (Å²) in [6.45, 7) is -0.318. The van der Waals surface area contributed by atoms with Crippen LogP contribution in [0.1, 0.15) is 46.1 Å². The highest BCUT2D eigenvalue weighted by molar-refractivity contribution is 6.33. The average Bonchev–Trinajstić information content (AvgIpc) is 3.50. The van der Waals surface area contributed by atoms with Crippen LogP contribution in [-0.2, 0) is 13.1 Å². The van der Waals surface area contributed by atoms with Crippen LogP contribution < -0.4 is 5.32 Å². The number of amides is 1. The van der Waals surface area contributed by atoms with Crippen molar-refractivity contribution >= 4 is 23.3 Å². The van der Waals surface area contributed by atoms with E-state index in [9.17, 15) is 26.7 Å². The first-order valence-electron chi connectivity index (χ1n) is 9.71. The number of nitrogens with zero attached hydrogens (tertiary/aromatic N) is 4. The molecule has 3 aromatic heterocycles. The van der Waals surface area contributed by atoms with Gasteiger partial charge in [-0.1, -0.05) is 29.8 Å². The van der Waals surface area contributed by atoms with E-state index in [0.717, 1.165) is 0 Å². The van der Waals surface area contributed by atoms with E-state index >= 15 is 0 Å². The van der Waals surface area contributed by atoms with E-state index in [1.165, 1.54) is 29.1 Å². The Morgan fingerprint density at radius 2 is 1.82 bits per heavy atom. The molecule has 4 aromatic rings. The van der Waals surface area contributed by atoms with E-state index in [0.29, 0.717) is 16.3 Å². The lowest BCUT2D eigenvalue weighted by atomic mass is 10.2. The maximum Gasteiger partial charge on any atom is 0.292 e. The zero-order valence-electron chi connectivity index (χ0n) is 17.1. The molecular formula is C21H15ClF5N5O2. The van der Waals surface area contributed by atoms with Gasteiger partial charge < -0.3 is 9.73 Å². The number of hydrogen-bond acceptors (Lipinski definition) is 4. The molecule has 178 valence electrons. The Balaban J connectivity index is 1.45. The van der Waals surface area contributed by atoms with Gasteiger partial charge >= 0.3 is 0 Å². The summed E-state index contributed by atoms with van der Waals surface area (Å²) in [5.41, 5.74) is -1.13. The van der Waals surface area contributed by atoms with Crippen LogP contribution in [0.15, 0.2) is 53.1 Å². The third-order valence-electron chi connectivity index (χ3n) is 4.71. The first-order chi connectivity index (χ1) is 16.2. The van der Waals surface area contributed by atoms with Crippen molar-refractivity contribution in [3.63, 3.8) is 0 Å². The van der Waals surface area contributed by atoms with E-state index in [4.69, 9.17) is 16.0 Å². The minimum Gasteiger partial charge on any atom is -0.454 e. The monoisotopic (exact) mass is 499 g/mol. The maximum atomic E-state index is 13.8. The lowest BCUT2D eigenvalue weighted by molar-refractivity contribution is 0.0993. The molecule has 1 N–H and O–H groups in total. The number of carbonyl (C=O) groups excluding carboxylic acids is 1. The number of nitrogens with one attached hydrogen (secondary N) is 1. The molecule has 1 aromatic carbocycles. The molecule has 7 nitrogen and oxygen atoms in total. The van der Waals surface area contributed by atoms with Crippen LogP contribution in [-0.4, -0.2) is 25.5 Å². The van der Waals surface area contributed by atoms with Gasteiger partial charge in [-0.2, -0.15) is 10.2 Å². The standard InChI is InChI=1S/C21H15ClF5N5O2/c22-13-10-31(8-11-3-1-2-4-14(11)23)30-20(13)28-21(33)17-6-5-12(34-17)9-32-16(19(26)27)7-15(29-32)18(24)25/h1-7,10,18-19H,8-9H2,(H,28,30,33). The fraction of sp³-hybridized carbons (Fsp3) is 0.190. The van der Waals surface area contributed by atoms with Crippen molar-refractivity contribution in [1.82, 2.24) is 19.6 Å². The fourth-order valence-electron chi connectivity index (χ4n) is 3.13. The number of rotatable bonds is 8. The number of alkyl halides is 4. The van der Waals surface area contributed by atoms with Gasteiger partial charge in [-0.3, -0.25) is 14.2 Å². The number of carbonyl (C=O) groups is 1. The van der Waals surface area contributed by atoms with Gasteiger partial charge in [0.25, 0.3) is 18.8 Å². The Hall–Kier alpha value is -3.67. The van der Waals surface area contributed by atoms with Crippen molar-refractivity contribution in [2.45, 2.75) is 25.9 Å². The van der Waals surface area contributed by atoms with Crippen molar-refractivity contribution in [2.24, 2.45) is 0 Å². The number of furan rings is 1. The van der Waals surface area contributed by atoms with E-state index in [1.54, 1.807) is 18.2 Å². The van der Waals surface area contributed by atoms with Crippen LogP contribution in [0.5, 0.6) is 0 Å². The van der Waals surface area contributed by atoms with Crippen LogP contribution in [0.3, 0.4) is 0 Å². The van der Waals surface area contributed by atoms with Crippen LogP contribution in [0, 0.1) is 5.82 Å². The van der Waals surface area contributed by atoms with Crippen LogP contribution in [0.4, 0.5) is 27.8 Å². The topological polar surface area (TPSA) is 77.9 Å². The molecule has 0 aliphatic rings. The summed E-state index contributed by atoms with van der Waals surface area (Å²) >= 11 is 6.10. The summed E-state index contributed by atoms with van der Waals surface area (Å²) in [6, 6.07) is 9.32. The molecule has 13 heteroatoms. The van der Waals surface area contributed by atoms with E-state index in [2.05, 4.69) is 15.5 Å². The molecule has 0 bridgehead atoms. The van der Waals surface area contributed by atoms with Gasteiger partial charge in [-0.15, -0.1) is 0 Å².